The van der Waals surface area contributed by atoms with E-state index >= 15 is 0 Å². The summed E-state index contributed by atoms with van der Waals surface area (Å²) in [5, 5.41) is 12.7. The number of rotatable bonds is 2. The number of phenols is 1. The minimum atomic E-state index is 0. The third-order valence-electron chi connectivity index (χ3n) is 2.43. The van der Waals surface area contributed by atoms with E-state index in [0.29, 0.717) is 11.8 Å². The first-order valence-corrected chi connectivity index (χ1v) is 4.41. The number of hydrogen-bond donors (Lipinski definition) is 2. The van der Waals surface area contributed by atoms with Crippen molar-refractivity contribution in [3.63, 3.8) is 0 Å². The number of halogens is 1. The number of methoxy groups -OCH3 is 1. The Bertz CT molecular complexity index is 313. The molecule has 1 saturated heterocycles. The van der Waals surface area contributed by atoms with Crippen LogP contribution in [0.5, 0.6) is 11.5 Å². The fourth-order valence-corrected chi connectivity index (χ4v) is 1.48. The molecular formula is C10H14ClNO2. The van der Waals surface area contributed by atoms with Crippen LogP contribution in [-0.4, -0.2) is 18.8 Å². The Morgan fingerprint density at radius 3 is 2.71 bits per heavy atom. The topological polar surface area (TPSA) is 41.5 Å². The molecule has 0 radical (unpaired) electrons. The normalized spacial score (nSPS) is 19.4. The maximum atomic E-state index is 9.36. The summed E-state index contributed by atoms with van der Waals surface area (Å²) < 4.78 is 5.03. The van der Waals surface area contributed by atoms with E-state index in [1.54, 1.807) is 13.2 Å². The highest BCUT2D eigenvalue weighted by Gasteiger charge is 2.19. The van der Waals surface area contributed by atoms with Gasteiger partial charge in [0.15, 0.2) is 11.5 Å². The Balaban J connectivity index is 0.000000980. The van der Waals surface area contributed by atoms with E-state index in [0.717, 1.165) is 13.0 Å². The second-order valence-electron chi connectivity index (χ2n) is 3.23. The Labute approximate surface area is 89.5 Å². The van der Waals surface area contributed by atoms with Gasteiger partial charge < -0.3 is 15.2 Å². The van der Waals surface area contributed by atoms with Crippen molar-refractivity contribution in [2.75, 3.05) is 13.7 Å². The first kappa shape index (κ1) is 11.1. The van der Waals surface area contributed by atoms with Gasteiger partial charge in [-0.25, -0.2) is 0 Å². The lowest BCUT2D eigenvalue weighted by Crippen LogP contribution is -2.34. The molecule has 0 aliphatic carbocycles. The summed E-state index contributed by atoms with van der Waals surface area (Å²) in [4.78, 5) is 0. The molecule has 1 aliphatic rings. The number of nitrogens with one attached hydrogen (secondary N) is 1. The fraction of sp³-hybridized carbons (Fsp3) is 0.400. The molecule has 0 spiro atoms. The molecule has 1 fully saturated rings. The molecule has 2 rings (SSSR count). The standard InChI is InChI=1S/C10H13NO2.ClH/c1-13-10-6-7(2-3-9(10)12)8-4-5-11-8;/h2-3,6,8,11-12H,4-5H2,1H3;1H/t8-;/m0./s1. The summed E-state index contributed by atoms with van der Waals surface area (Å²) in [5.74, 6) is 0.747. The van der Waals surface area contributed by atoms with E-state index < -0.39 is 0 Å². The molecule has 1 atom stereocenters. The van der Waals surface area contributed by atoms with Crippen LogP contribution in [0.2, 0.25) is 0 Å². The largest absolute Gasteiger partial charge is 0.504 e. The lowest BCUT2D eigenvalue weighted by molar-refractivity contribution is 0.362. The van der Waals surface area contributed by atoms with Crippen LogP contribution in [-0.2, 0) is 0 Å². The van der Waals surface area contributed by atoms with Crippen molar-refractivity contribution in [3.05, 3.63) is 23.8 Å². The van der Waals surface area contributed by atoms with E-state index in [1.165, 1.54) is 5.56 Å². The zero-order chi connectivity index (χ0) is 9.26. The highest BCUT2D eigenvalue weighted by molar-refractivity contribution is 5.85. The second-order valence-corrected chi connectivity index (χ2v) is 3.23. The SMILES string of the molecule is COc1cc([C@@H]2CCN2)ccc1O.Cl. The number of ether oxygens (including phenoxy) is 1. The minimum Gasteiger partial charge on any atom is -0.504 e. The van der Waals surface area contributed by atoms with Crippen LogP contribution in [0.25, 0.3) is 0 Å². The lowest BCUT2D eigenvalue weighted by Gasteiger charge is -2.28. The molecule has 1 aromatic carbocycles. The molecule has 0 unspecified atom stereocenters. The van der Waals surface area contributed by atoms with E-state index in [4.69, 9.17) is 4.74 Å². The maximum Gasteiger partial charge on any atom is 0.160 e. The molecule has 0 bridgehead atoms. The van der Waals surface area contributed by atoms with Crippen LogP contribution in [0.15, 0.2) is 18.2 Å². The van der Waals surface area contributed by atoms with Gasteiger partial charge in [0.05, 0.1) is 7.11 Å². The van der Waals surface area contributed by atoms with Crippen molar-refractivity contribution < 1.29 is 9.84 Å². The summed E-state index contributed by atoms with van der Waals surface area (Å²) in [6.07, 6.45) is 1.16. The van der Waals surface area contributed by atoms with Crippen molar-refractivity contribution >= 4 is 12.4 Å². The maximum absolute atomic E-state index is 9.36. The quantitative estimate of drug-likeness (QED) is 0.792. The highest BCUT2D eigenvalue weighted by atomic mass is 35.5. The Hall–Kier alpha value is -0.930. The predicted octanol–water partition coefficient (Wildman–Crippen LogP) is 1.86. The predicted molar refractivity (Wildman–Crippen MR) is 57.3 cm³/mol. The first-order chi connectivity index (χ1) is 6.31. The zero-order valence-electron chi connectivity index (χ0n) is 7.99. The third-order valence-corrected chi connectivity index (χ3v) is 2.43. The minimum absolute atomic E-state index is 0. The number of benzene rings is 1. The molecule has 0 amide bonds. The van der Waals surface area contributed by atoms with Crippen LogP contribution in [0, 0.1) is 0 Å². The van der Waals surface area contributed by atoms with Gasteiger partial charge in [0.2, 0.25) is 0 Å². The van der Waals surface area contributed by atoms with Crippen LogP contribution in [0.3, 0.4) is 0 Å². The molecule has 0 saturated carbocycles. The Kier molecular flexibility index (Phi) is 3.61. The van der Waals surface area contributed by atoms with Crippen molar-refractivity contribution in [3.8, 4) is 11.5 Å². The Morgan fingerprint density at radius 1 is 1.50 bits per heavy atom. The molecule has 4 heteroatoms. The van der Waals surface area contributed by atoms with Crippen LogP contribution >= 0.6 is 12.4 Å². The van der Waals surface area contributed by atoms with Crippen LogP contribution in [0.4, 0.5) is 0 Å². The fourth-order valence-electron chi connectivity index (χ4n) is 1.48. The molecule has 0 aromatic heterocycles. The second kappa shape index (κ2) is 4.53. The molecule has 2 N–H and O–H groups in total. The van der Waals surface area contributed by atoms with Gasteiger partial charge in [-0.3, -0.25) is 0 Å². The smallest absolute Gasteiger partial charge is 0.160 e. The summed E-state index contributed by atoms with van der Waals surface area (Å²) in [6, 6.07) is 5.92. The van der Waals surface area contributed by atoms with Crippen LogP contribution < -0.4 is 10.1 Å². The Morgan fingerprint density at radius 2 is 2.21 bits per heavy atom. The van der Waals surface area contributed by atoms with Gasteiger partial charge in [-0.2, -0.15) is 0 Å². The number of phenolic OH excluding ortho intramolecular Hbond substituents is 1. The molecule has 3 nitrogen and oxygen atoms in total. The summed E-state index contributed by atoms with van der Waals surface area (Å²) in [5.41, 5.74) is 1.18. The van der Waals surface area contributed by atoms with Crippen molar-refractivity contribution in [2.45, 2.75) is 12.5 Å². The molecule has 1 heterocycles. The van der Waals surface area contributed by atoms with E-state index in [-0.39, 0.29) is 18.2 Å². The van der Waals surface area contributed by atoms with Gasteiger partial charge in [-0.05, 0) is 30.7 Å². The van der Waals surface area contributed by atoms with Gasteiger partial charge >= 0.3 is 0 Å². The monoisotopic (exact) mass is 215 g/mol. The summed E-state index contributed by atoms with van der Waals surface area (Å²) >= 11 is 0. The lowest BCUT2D eigenvalue weighted by atomic mass is 9.98. The average molecular weight is 216 g/mol. The van der Waals surface area contributed by atoms with Crippen LogP contribution in [0.1, 0.15) is 18.0 Å². The van der Waals surface area contributed by atoms with Gasteiger partial charge in [0, 0.05) is 6.04 Å². The molecular weight excluding hydrogens is 202 g/mol. The number of aromatic hydroxyl groups is 1. The van der Waals surface area contributed by atoms with Crippen molar-refractivity contribution in [2.24, 2.45) is 0 Å². The summed E-state index contributed by atoms with van der Waals surface area (Å²) in [7, 11) is 1.56. The molecule has 1 aliphatic heterocycles. The van der Waals surface area contributed by atoms with Gasteiger partial charge in [0.1, 0.15) is 0 Å². The highest BCUT2D eigenvalue weighted by Crippen LogP contribution is 2.31. The van der Waals surface area contributed by atoms with E-state index in [2.05, 4.69) is 5.32 Å². The average Bonchev–Trinajstić information content (AvgIpc) is 2.05. The van der Waals surface area contributed by atoms with E-state index in [9.17, 15) is 5.11 Å². The molecule has 1 aromatic rings. The van der Waals surface area contributed by atoms with Crippen molar-refractivity contribution in [1.29, 1.82) is 0 Å². The number of hydrogen-bond acceptors (Lipinski definition) is 3. The first-order valence-electron chi connectivity index (χ1n) is 4.41. The molecule has 14 heavy (non-hydrogen) atoms. The van der Waals surface area contributed by atoms with Gasteiger partial charge in [0.25, 0.3) is 0 Å². The zero-order valence-corrected chi connectivity index (χ0v) is 8.80. The van der Waals surface area contributed by atoms with Crippen molar-refractivity contribution in [1.82, 2.24) is 5.32 Å². The van der Waals surface area contributed by atoms with E-state index in [1.807, 2.05) is 12.1 Å². The van der Waals surface area contributed by atoms with Gasteiger partial charge in [-0.15, -0.1) is 12.4 Å². The molecule has 78 valence electrons. The van der Waals surface area contributed by atoms with Gasteiger partial charge in [-0.1, -0.05) is 6.07 Å². The third kappa shape index (κ3) is 1.94. The summed E-state index contributed by atoms with van der Waals surface area (Å²) in [6.45, 7) is 1.08.